The predicted molar refractivity (Wildman–Crippen MR) is 72.1 cm³/mol. The van der Waals surface area contributed by atoms with Crippen LogP contribution < -0.4 is 10.1 Å². The van der Waals surface area contributed by atoms with E-state index in [2.05, 4.69) is 10.4 Å². The predicted octanol–water partition coefficient (Wildman–Crippen LogP) is 2.39. The molecular weight excluding hydrogens is 250 g/mol. The van der Waals surface area contributed by atoms with Gasteiger partial charge in [0.1, 0.15) is 5.75 Å². The largest absolute Gasteiger partial charge is 0.497 e. The monoisotopic (exact) mass is 265 g/mol. The Kier molecular flexibility index (Phi) is 3.89. The number of benzene rings is 1. The lowest BCUT2D eigenvalue weighted by molar-refractivity contribution is 0.413. The summed E-state index contributed by atoms with van der Waals surface area (Å²) in [4.78, 5) is 0. The third-order valence-corrected chi connectivity index (χ3v) is 3.22. The average Bonchev–Trinajstić information content (AvgIpc) is 2.72. The number of halogens is 1. The second-order valence-corrected chi connectivity index (χ2v) is 4.41. The Morgan fingerprint density at radius 1 is 1.44 bits per heavy atom. The average molecular weight is 266 g/mol. The Morgan fingerprint density at radius 3 is 2.78 bits per heavy atom. The molecule has 2 rings (SSSR count). The molecule has 0 fully saturated rings. The summed E-state index contributed by atoms with van der Waals surface area (Å²) in [7, 11) is 5.43. The number of hydrogen-bond acceptors (Lipinski definition) is 3. The number of ether oxygens (including phenoxy) is 1. The van der Waals surface area contributed by atoms with E-state index in [-0.39, 0.29) is 6.04 Å². The first-order valence-corrected chi connectivity index (χ1v) is 6.03. The van der Waals surface area contributed by atoms with E-state index in [9.17, 15) is 0 Å². The van der Waals surface area contributed by atoms with Crippen molar-refractivity contribution in [2.45, 2.75) is 6.04 Å². The highest BCUT2D eigenvalue weighted by atomic mass is 35.5. The van der Waals surface area contributed by atoms with Crippen molar-refractivity contribution in [2.24, 2.45) is 7.05 Å². The molecule has 0 aliphatic heterocycles. The van der Waals surface area contributed by atoms with E-state index in [1.54, 1.807) is 18.0 Å². The van der Waals surface area contributed by atoms with Crippen LogP contribution in [0.1, 0.15) is 17.3 Å². The van der Waals surface area contributed by atoms with Crippen LogP contribution in [-0.4, -0.2) is 23.9 Å². The fraction of sp³-hybridized carbons (Fsp3) is 0.308. The molecule has 1 N–H and O–H groups in total. The second kappa shape index (κ2) is 5.42. The SMILES string of the molecule is CNC(c1cccc(OC)c1)c1c(Cl)cnn1C. The smallest absolute Gasteiger partial charge is 0.119 e. The van der Waals surface area contributed by atoms with Gasteiger partial charge >= 0.3 is 0 Å². The molecule has 96 valence electrons. The minimum Gasteiger partial charge on any atom is -0.497 e. The topological polar surface area (TPSA) is 39.1 Å². The second-order valence-electron chi connectivity index (χ2n) is 4.00. The highest BCUT2D eigenvalue weighted by Gasteiger charge is 2.19. The van der Waals surface area contributed by atoms with Crippen molar-refractivity contribution in [3.8, 4) is 5.75 Å². The number of nitrogens with one attached hydrogen (secondary N) is 1. The zero-order chi connectivity index (χ0) is 13.1. The van der Waals surface area contributed by atoms with Crippen LogP contribution in [0.2, 0.25) is 5.02 Å². The summed E-state index contributed by atoms with van der Waals surface area (Å²) >= 11 is 6.19. The van der Waals surface area contributed by atoms with Gasteiger partial charge in [-0.1, -0.05) is 23.7 Å². The fourth-order valence-corrected chi connectivity index (χ4v) is 2.30. The number of rotatable bonds is 4. The summed E-state index contributed by atoms with van der Waals surface area (Å²) < 4.78 is 7.02. The van der Waals surface area contributed by atoms with E-state index in [4.69, 9.17) is 16.3 Å². The summed E-state index contributed by atoms with van der Waals surface area (Å²) in [6.07, 6.45) is 1.65. The van der Waals surface area contributed by atoms with Gasteiger partial charge in [-0.3, -0.25) is 4.68 Å². The van der Waals surface area contributed by atoms with Crippen LogP contribution in [0.15, 0.2) is 30.5 Å². The molecule has 0 bridgehead atoms. The molecular formula is C13H16ClN3O. The molecule has 0 aliphatic rings. The third kappa shape index (κ3) is 2.35. The van der Waals surface area contributed by atoms with Crippen molar-refractivity contribution in [3.63, 3.8) is 0 Å². The molecule has 0 radical (unpaired) electrons. The Morgan fingerprint density at radius 2 is 2.22 bits per heavy atom. The number of aromatic nitrogens is 2. The van der Waals surface area contributed by atoms with E-state index in [0.717, 1.165) is 17.0 Å². The van der Waals surface area contributed by atoms with Gasteiger partial charge in [-0.2, -0.15) is 5.10 Å². The summed E-state index contributed by atoms with van der Waals surface area (Å²) in [5.41, 5.74) is 2.02. The van der Waals surface area contributed by atoms with Crippen LogP contribution >= 0.6 is 11.6 Å². The van der Waals surface area contributed by atoms with Gasteiger partial charge in [-0.15, -0.1) is 0 Å². The number of aryl methyl sites for hydroxylation is 1. The van der Waals surface area contributed by atoms with Gasteiger partial charge < -0.3 is 10.1 Å². The van der Waals surface area contributed by atoms with E-state index in [1.807, 2.05) is 38.4 Å². The zero-order valence-corrected chi connectivity index (χ0v) is 11.4. The molecule has 0 aliphatic carbocycles. The summed E-state index contributed by atoms with van der Waals surface area (Å²) in [5, 5.41) is 8.07. The van der Waals surface area contributed by atoms with Crippen LogP contribution in [0, 0.1) is 0 Å². The number of methoxy groups -OCH3 is 1. The maximum absolute atomic E-state index is 6.19. The van der Waals surface area contributed by atoms with Crippen molar-refractivity contribution in [1.82, 2.24) is 15.1 Å². The Hall–Kier alpha value is -1.52. The lowest BCUT2D eigenvalue weighted by Crippen LogP contribution is -2.21. The molecule has 1 atom stereocenters. The molecule has 5 heteroatoms. The lowest BCUT2D eigenvalue weighted by atomic mass is 10.0. The molecule has 0 spiro atoms. The van der Waals surface area contributed by atoms with Gasteiger partial charge in [-0.05, 0) is 24.7 Å². The van der Waals surface area contributed by atoms with Gasteiger partial charge in [0.05, 0.1) is 30.1 Å². The van der Waals surface area contributed by atoms with Crippen molar-refractivity contribution < 1.29 is 4.74 Å². The molecule has 1 aromatic heterocycles. The maximum atomic E-state index is 6.19. The molecule has 1 heterocycles. The first-order valence-electron chi connectivity index (χ1n) is 5.66. The van der Waals surface area contributed by atoms with E-state index in [1.165, 1.54) is 0 Å². The summed E-state index contributed by atoms with van der Waals surface area (Å²) in [5.74, 6) is 0.825. The molecule has 1 aromatic carbocycles. The van der Waals surface area contributed by atoms with Crippen molar-refractivity contribution in [2.75, 3.05) is 14.2 Å². The molecule has 0 saturated heterocycles. The summed E-state index contributed by atoms with van der Waals surface area (Å²) in [6.45, 7) is 0. The molecule has 0 amide bonds. The Balaban J connectivity index is 2.45. The van der Waals surface area contributed by atoms with Crippen LogP contribution in [0.5, 0.6) is 5.75 Å². The highest BCUT2D eigenvalue weighted by Crippen LogP contribution is 2.29. The first-order chi connectivity index (χ1) is 8.67. The van der Waals surface area contributed by atoms with Crippen LogP contribution in [-0.2, 0) is 7.05 Å². The Bertz CT molecular complexity index is 519. The molecule has 18 heavy (non-hydrogen) atoms. The molecule has 1 unspecified atom stereocenters. The molecule has 2 aromatic rings. The lowest BCUT2D eigenvalue weighted by Gasteiger charge is -2.18. The highest BCUT2D eigenvalue weighted by molar-refractivity contribution is 6.31. The van der Waals surface area contributed by atoms with Gasteiger partial charge in [-0.25, -0.2) is 0 Å². The normalized spacial score (nSPS) is 12.4. The van der Waals surface area contributed by atoms with Gasteiger partial charge in [0.15, 0.2) is 0 Å². The van der Waals surface area contributed by atoms with Gasteiger partial charge in [0, 0.05) is 7.05 Å². The molecule has 0 saturated carbocycles. The van der Waals surface area contributed by atoms with Crippen LogP contribution in [0.4, 0.5) is 0 Å². The minimum atomic E-state index is -0.0138. The van der Waals surface area contributed by atoms with E-state index < -0.39 is 0 Å². The Labute approximate surface area is 112 Å². The van der Waals surface area contributed by atoms with E-state index in [0.29, 0.717) is 5.02 Å². The van der Waals surface area contributed by atoms with Gasteiger partial charge in [0.25, 0.3) is 0 Å². The number of hydrogen-bond donors (Lipinski definition) is 1. The van der Waals surface area contributed by atoms with Crippen molar-refractivity contribution >= 4 is 11.6 Å². The summed E-state index contributed by atoms with van der Waals surface area (Å²) in [6, 6.07) is 7.89. The van der Waals surface area contributed by atoms with Crippen LogP contribution in [0.3, 0.4) is 0 Å². The van der Waals surface area contributed by atoms with E-state index >= 15 is 0 Å². The van der Waals surface area contributed by atoms with Crippen molar-refractivity contribution in [3.05, 3.63) is 46.7 Å². The minimum absolute atomic E-state index is 0.0138. The molecule has 4 nitrogen and oxygen atoms in total. The van der Waals surface area contributed by atoms with Gasteiger partial charge in [0.2, 0.25) is 0 Å². The maximum Gasteiger partial charge on any atom is 0.119 e. The zero-order valence-electron chi connectivity index (χ0n) is 10.6. The standard InChI is InChI=1S/C13H16ClN3O/c1-15-12(13-11(14)8-16-17(13)2)9-5-4-6-10(7-9)18-3/h4-8,12,15H,1-3H3. The number of nitrogens with zero attached hydrogens (tertiary/aromatic N) is 2. The quantitative estimate of drug-likeness (QED) is 0.923. The first kappa shape index (κ1) is 12.9. The van der Waals surface area contributed by atoms with Crippen LogP contribution in [0.25, 0.3) is 0 Å². The third-order valence-electron chi connectivity index (χ3n) is 2.93. The van der Waals surface area contributed by atoms with Crippen molar-refractivity contribution in [1.29, 1.82) is 0 Å². The fourth-order valence-electron chi connectivity index (χ4n) is 2.03.